The van der Waals surface area contributed by atoms with Crippen molar-refractivity contribution in [2.45, 2.75) is 204 Å². The van der Waals surface area contributed by atoms with E-state index in [-0.39, 0.29) is 50.4 Å². The third-order valence-electron chi connectivity index (χ3n) is 14.7. The number of esters is 1. The number of cyclic esters (lactones) is 1. The standard InChI is InChI=1S/C47H81F3N4O14S/c1-14-20-51-25-46(60)31(8)65-36(23-44(46,10)63-13)67-38-28(5)40(43(9,58)22-26(3)24-52-30(7)39(56)45(11,59)35(15-2)66-41(57)29(38)6)68-42-37(55)34(21-27(4)64-42)54(12)69(61,62)53-33-18-16-32(17-19-33)47(48,49)50/h16-19,26-31,34-40,42,51-53,55-56,58-60H,14-15,20-25H2,1-13H3/t26?,27-,28?,29?,30?,31+,34+,35?,36+,37-,38?,39?,40?,42+,43?,44-,45?,46+/m1/s1. The monoisotopic (exact) mass is 1010 g/mol. The molecule has 8 N–H and O–H groups in total. The summed E-state index contributed by atoms with van der Waals surface area (Å²) in [6.45, 7) is 19.4. The molecule has 18 atom stereocenters. The second-order valence-electron chi connectivity index (χ2n) is 20.4. The van der Waals surface area contributed by atoms with Crippen LogP contribution in [0.1, 0.15) is 114 Å². The number of likely N-dealkylation sites (N-methyl/N-ethyl adjacent to an activating group) is 1. The average Bonchev–Trinajstić information content (AvgIpc) is 3.26. The second-order valence-corrected chi connectivity index (χ2v) is 22.2. The van der Waals surface area contributed by atoms with E-state index in [1.165, 1.54) is 28.0 Å². The first-order valence-electron chi connectivity index (χ1n) is 24.1. The third kappa shape index (κ3) is 13.7. The van der Waals surface area contributed by atoms with E-state index >= 15 is 0 Å². The Labute approximate surface area is 406 Å². The van der Waals surface area contributed by atoms with Crippen LogP contribution in [0, 0.1) is 17.8 Å². The number of aliphatic hydroxyl groups is 5. The highest BCUT2D eigenvalue weighted by Gasteiger charge is 2.58. The summed E-state index contributed by atoms with van der Waals surface area (Å²) in [5.41, 5.74) is -7.68. The van der Waals surface area contributed by atoms with Gasteiger partial charge in [0.1, 0.15) is 35.1 Å². The molecular formula is C47H81F3N4O14S. The molecule has 0 spiro atoms. The minimum atomic E-state index is -4.64. The number of benzene rings is 1. The van der Waals surface area contributed by atoms with Crippen LogP contribution in [0.5, 0.6) is 0 Å². The van der Waals surface area contributed by atoms with Crippen LogP contribution in [0.2, 0.25) is 0 Å². The fourth-order valence-electron chi connectivity index (χ4n) is 10.2. The molecule has 4 rings (SSSR count). The Bertz CT molecular complexity index is 1920. The third-order valence-corrected chi connectivity index (χ3v) is 16.2. The number of methoxy groups -OCH3 is 1. The molecule has 400 valence electrons. The first-order chi connectivity index (χ1) is 31.8. The SMILES string of the molecule is CCCNC[C@]1(O)[C@H](C)O[C@@H](OC2C(C)C(=O)OC(CC)C(C)(O)C(O)C(C)NCC(C)CC(C)(O)C(O[C@@H]3O[C@H](C)C[C@H](N(C)S(=O)(=O)Nc4ccc(C(F)(F)F)cc4)[C@H]3O)C2C)C[C@@]1(C)OC. The maximum atomic E-state index is 14.5. The van der Waals surface area contributed by atoms with Crippen molar-refractivity contribution in [3.05, 3.63) is 29.8 Å². The molecule has 0 radical (unpaired) electrons. The summed E-state index contributed by atoms with van der Waals surface area (Å²) < 4.78 is 109. The molecule has 22 heteroatoms. The van der Waals surface area contributed by atoms with E-state index in [9.17, 15) is 51.9 Å². The zero-order valence-electron chi connectivity index (χ0n) is 42.4. The van der Waals surface area contributed by atoms with E-state index in [1.807, 2.05) is 13.8 Å². The predicted octanol–water partition coefficient (Wildman–Crippen LogP) is 3.67. The molecule has 1 aromatic carbocycles. The topological polar surface area (TPSA) is 247 Å². The summed E-state index contributed by atoms with van der Waals surface area (Å²) in [5, 5.41) is 66.5. The molecule has 3 aliphatic rings. The number of hydrogen-bond donors (Lipinski definition) is 8. The number of carbonyl (C=O) groups excluding carboxylic acids is 1. The molecule has 3 aliphatic heterocycles. The molecule has 69 heavy (non-hydrogen) atoms. The lowest BCUT2D eigenvalue weighted by Crippen LogP contribution is -2.70. The van der Waals surface area contributed by atoms with E-state index in [1.54, 1.807) is 48.5 Å². The maximum Gasteiger partial charge on any atom is 0.416 e. The molecule has 0 aromatic heterocycles. The van der Waals surface area contributed by atoms with Crippen LogP contribution >= 0.6 is 0 Å². The van der Waals surface area contributed by atoms with Crippen molar-refractivity contribution in [1.29, 1.82) is 0 Å². The van der Waals surface area contributed by atoms with E-state index in [0.29, 0.717) is 6.54 Å². The average molecular weight is 1020 g/mol. The molecule has 0 bridgehead atoms. The fraction of sp³-hybridized carbons (Fsp3) is 0.851. The second kappa shape index (κ2) is 23.3. The number of hydrogen-bond acceptors (Lipinski definition) is 16. The number of anilines is 1. The summed E-state index contributed by atoms with van der Waals surface area (Å²) in [4.78, 5) is 14.5. The summed E-state index contributed by atoms with van der Waals surface area (Å²) in [6.07, 6.45) is -15.1. The number of ether oxygens (including phenoxy) is 6. The van der Waals surface area contributed by atoms with E-state index in [0.717, 1.165) is 35.0 Å². The smallest absolute Gasteiger partial charge is 0.416 e. The highest BCUT2D eigenvalue weighted by Crippen LogP contribution is 2.43. The van der Waals surface area contributed by atoms with Crippen LogP contribution < -0.4 is 15.4 Å². The molecule has 3 heterocycles. The normalized spacial score (nSPS) is 41.5. The summed E-state index contributed by atoms with van der Waals surface area (Å²) in [6, 6.07) is 1.48. The summed E-state index contributed by atoms with van der Waals surface area (Å²) >= 11 is 0. The first kappa shape index (κ1) is 59.3. The number of alkyl halides is 3. The summed E-state index contributed by atoms with van der Waals surface area (Å²) in [7, 11) is -1.86. The fourth-order valence-corrected chi connectivity index (χ4v) is 11.3. The molecule has 18 nitrogen and oxygen atoms in total. The van der Waals surface area contributed by atoms with Crippen molar-refractivity contribution in [2.24, 2.45) is 17.8 Å². The first-order valence-corrected chi connectivity index (χ1v) is 25.5. The lowest BCUT2D eigenvalue weighted by molar-refractivity contribution is -0.336. The van der Waals surface area contributed by atoms with Crippen molar-refractivity contribution in [3.63, 3.8) is 0 Å². The van der Waals surface area contributed by atoms with Crippen molar-refractivity contribution in [3.8, 4) is 0 Å². The molecule has 0 amide bonds. The van der Waals surface area contributed by atoms with Gasteiger partial charge in [-0.15, -0.1) is 0 Å². The van der Waals surface area contributed by atoms with Gasteiger partial charge in [0.15, 0.2) is 12.6 Å². The van der Waals surface area contributed by atoms with Crippen molar-refractivity contribution in [2.75, 3.05) is 38.5 Å². The van der Waals surface area contributed by atoms with Gasteiger partial charge >= 0.3 is 22.4 Å². The lowest BCUT2D eigenvalue weighted by Gasteiger charge is -2.53. The van der Waals surface area contributed by atoms with Gasteiger partial charge in [0, 0.05) is 44.8 Å². The van der Waals surface area contributed by atoms with Crippen LogP contribution in [0.3, 0.4) is 0 Å². The van der Waals surface area contributed by atoms with Crippen LogP contribution in [0.25, 0.3) is 0 Å². The zero-order valence-corrected chi connectivity index (χ0v) is 43.3. The number of halogens is 3. The highest BCUT2D eigenvalue weighted by atomic mass is 32.2. The number of nitrogens with one attached hydrogen (secondary N) is 3. The maximum absolute atomic E-state index is 14.5. The Morgan fingerprint density at radius 2 is 1.58 bits per heavy atom. The summed E-state index contributed by atoms with van der Waals surface area (Å²) in [5.74, 6) is -3.41. The number of carbonyl (C=O) groups is 1. The highest BCUT2D eigenvalue weighted by molar-refractivity contribution is 7.90. The van der Waals surface area contributed by atoms with Gasteiger partial charge in [-0.2, -0.15) is 25.9 Å². The van der Waals surface area contributed by atoms with Gasteiger partial charge < -0.3 is 64.6 Å². The number of aliphatic hydroxyl groups excluding tert-OH is 2. The Balaban J connectivity index is 1.79. The van der Waals surface area contributed by atoms with E-state index < -0.39 is 130 Å². The largest absolute Gasteiger partial charge is 0.459 e. The Morgan fingerprint density at radius 3 is 2.14 bits per heavy atom. The van der Waals surface area contributed by atoms with Crippen LogP contribution in [0.4, 0.5) is 18.9 Å². The molecule has 10 unspecified atom stereocenters. The zero-order chi connectivity index (χ0) is 52.2. The van der Waals surface area contributed by atoms with Gasteiger partial charge in [-0.3, -0.25) is 9.52 Å². The molecular weight excluding hydrogens is 934 g/mol. The molecule has 1 aromatic rings. The lowest BCUT2D eigenvalue weighted by atomic mass is 9.75. The van der Waals surface area contributed by atoms with Crippen LogP contribution in [-0.4, -0.2) is 168 Å². The molecule has 3 saturated heterocycles. The van der Waals surface area contributed by atoms with Gasteiger partial charge in [0.25, 0.3) is 0 Å². The van der Waals surface area contributed by atoms with Crippen molar-refractivity contribution < 1.29 is 80.3 Å². The van der Waals surface area contributed by atoms with E-state index in [2.05, 4.69) is 15.4 Å². The minimum Gasteiger partial charge on any atom is -0.459 e. The van der Waals surface area contributed by atoms with Gasteiger partial charge in [0.2, 0.25) is 0 Å². The van der Waals surface area contributed by atoms with Gasteiger partial charge in [-0.25, -0.2) is 0 Å². The Hall–Kier alpha value is -2.29. The minimum absolute atomic E-state index is 0.0149. The van der Waals surface area contributed by atoms with E-state index in [4.69, 9.17) is 28.4 Å². The van der Waals surface area contributed by atoms with Crippen molar-refractivity contribution in [1.82, 2.24) is 14.9 Å². The van der Waals surface area contributed by atoms with Gasteiger partial charge in [-0.05, 0) is 117 Å². The van der Waals surface area contributed by atoms with Crippen LogP contribution in [-0.2, 0) is 49.6 Å². The van der Waals surface area contributed by atoms with Gasteiger partial charge in [-0.1, -0.05) is 27.7 Å². The Kier molecular flexibility index (Phi) is 20.0. The molecule has 0 aliphatic carbocycles. The Morgan fingerprint density at radius 1 is 0.957 bits per heavy atom. The van der Waals surface area contributed by atoms with Crippen molar-refractivity contribution >= 4 is 21.9 Å². The number of nitrogens with zero attached hydrogens (tertiary/aromatic N) is 1. The molecule has 0 saturated carbocycles. The van der Waals surface area contributed by atoms with Crippen LogP contribution in [0.15, 0.2) is 24.3 Å². The molecule has 3 fully saturated rings. The predicted molar refractivity (Wildman–Crippen MR) is 250 cm³/mol. The van der Waals surface area contributed by atoms with Gasteiger partial charge in [0.05, 0.1) is 47.5 Å². The quantitative estimate of drug-likeness (QED) is 0.0979. The number of rotatable bonds is 14.